The summed E-state index contributed by atoms with van der Waals surface area (Å²) in [7, 11) is 4.60. The molecule has 0 fully saturated rings. The molecule has 0 heterocycles. The van der Waals surface area contributed by atoms with Gasteiger partial charge in [0.2, 0.25) is 0 Å². The number of unbranched alkanes of at least 4 members (excludes halogenated alkanes) is 18. The lowest BCUT2D eigenvalue weighted by atomic mass is 10.1. The summed E-state index contributed by atoms with van der Waals surface area (Å²) in [5.41, 5.74) is 5.76. The third kappa shape index (κ3) is 26.9. The average Bonchev–Trinajstić information content (AvgIpc) is 2.86. The Kier molecular flexibility index (Phi) is 27.7. The van der Waals surface area contributed by atoms with E-state index in [1.165, 1.54) is 128 Å². The van der Waals surface area contributed by atoms with Crippen molar-refractivity contribution >= 4 is 0 Å². The van der Waals surface area contributed by atoms with Crippen LogP contribution < -0.4 is 5.73 Å². The number of hydrogen-bond acceptors (Lipinski definition) is 3. The van der Waals surface area contributed by atoms with Gasteiger partial charge in [0.25, 0.3) is 0 Å². The Balaban J connectivity index is 3.95. The zero-order chi connectivity index (χ0) is 26.6. The standard InChI is InChI=1S/C32H69N2O2/c1-5-7-9-11-13-15-17-19-21-23-28-35-31-32(30-34(3,4)27-25-26-33)36-29-24-22-20-18-16-14-12-10-8-6-2/h32H,5-31,33H2,1-4H3/q+1/t32-/m0/s1. The van der Waals surface area contributed by atoms with E-state index in [0.717, 1.165) is 50.4 Å². The maximum absolute atomic E-state index is 6.36. The van der Waals surface area contributed by atoms with Gasteiger partial charge in [-0.1, -0.05) is 129 Å². The van der Waals surface area contributed by atoms with E-state index in [9.17, 15) is 0 Å². The Morgan fingerprint density at radius 3 is 1.42 bits per heavy atom. The molecule has 36 heavy (non-hydrogen) atoms. The maximum Gasteiger partial charge on any atom is 0.130 e. The van der Waals surface area contributed by atoms with Crippen molar-refractivity contribution in [2.24, 2.45) is 5.73 Å². The second-order valence-electron chi connectivity index (χ2n) is 11.9. The minimum Gasteiger partial charge on any atom is -0.379 e. The summed E-state index contributed by atoms with van der Waals surface area (Å²) >= 11 is 0. The number of hydrogen-bond donors (Lipinski definition) is 1. The van der Waals surface area contributed by atoms with Crippen molar-refractivity contribution in [1.82, 2.24) is 0 Å². The summed E-state index contributed by atoms with van der Waals surface area (Å²) in [6.45, 7) is 9.95. The van der Waals surface area contributed by atoms with E-state index < -0.39 is 0 Å². The first-order valence-electron chi connectivity index (χ1n) is 16.3. The van der Waals surface area contributed by atoms with Crippen LogP contribution in [0.4, 0.5) is 0 Å². The van der Waals surface area contributed by atoms with Crippen LogP contribution in [-0.4, -0.2) is 64.1 Å². The van der Waals surface area contributed by atoms with Gasteiger partial charge in [0, 0.05) is 19.6 Å². The van der Waals surface area contributed by atoms with E-state index in [1.807, 2.05) is 0 Å². The number of quaternary nitrogens is 1. The summed E-state index contributed by atoms with van der Waals surface area (Å²) in [5, 5.41) is 0. The minimum absolute atomic E-state index is 0.194. The molecule has 1 atom stereocenters. The Bertz CT molecular complexity index is 417. The fraction of sp³-hybridized carbons (Fsp3) is 1.00. The van der Waals surface area contributed by atoms with Gasteiger partial charge in [-0.3, -0.25) is 0 Å². The van der Waals surface area contributed by atoms with Gasteiger partial charge in [-0.2, -0.15) is 0 Å². The molecule has 0 amide bonds. The monoisotopic (exact) mass is 514 g/mol. The first-order chi connectivity index (χ1) is 17.6. The van der Waals surface area contributed by atoms with Gasteiger partial charge in [-0.15, -0.1) is 0 Å². The van der Waals surface area contributed by atoms with Crippen LogP contribution in [0.15, 0.2) is 0 Å². The van der Waals surface area contributed by atoms with Crippen LogP contribution >= 0.6 is 0 Å². The third-order valence-corrected chi connectivity index (χ3v) is 7.46. The highest BCUT2D eigenvalue weighted by molar-refractivity contribution is 4.58. The molecule has 0 unspecified atom stereocenters. The fourth-order valence-corrected chi connectivity index (χ4v) is 5.06. The Morgan fingerprint density at radius 2 is 0.972 bits per heavy atom. The van der Waals surface area contributed by atoms with E-state index in [-0.39, 0.29) is 6.10 Å². The van der Waals surface area contributed by atoms with Crippen molar-refractivity contribution < 1.29 is 14.0 Å². The molecule has 0 aromatic rings. The van der Waals surface area contributed by atoms with Crippen LogP contribution in [0, 0.1) is 0 Å². The van der Waals surface area contributed by atoms with Gasteiger partial charge in [-0.25, -0.2) is 0 Å². The molecular weight excluding hydrogens is 444 g/mol. The molecule has 0 bridgehead atoms. The number of nitrogens with zero attached hydrogens (tertiary/aromatic N) is 1. The Hall–Kier alpha value is -0.160. The highest BCUT2D eigenvalue weighted by Crippen LogP contribution is 2.13. The molecule has 0 aromatic heterocycles. The lowest BCUT2D eigenvalue weighted by Gasteiger charge is -2.33. The average molecular weight is 514 g/mol. The molecule has 0 aromatic carbocycles. The van der Waals surface area contributed by atoms with Gasteiger partial charge in [0.15, 0.2) is 0 Å². The first kappa shape index (κ1) is 35.8. The van der Waals surface area contributed by atoms with Crippen LogP contribution in [0.25, 0.3) is 0 Å². The lowest BCUT2D eigenvalue weighted by Crippen LogP contribution is -2.48. The summed E-state index contributed by atoms with van der Waals surface area (Å²) in [5.74, 6) is 0. The van der Waals surface area contributed by atoms with Crippen molar-refractivity contribution in [2.45, 2.75) is 155 Å². The molecule has 0 spiro atoms. The molecule has 0 radical (unpaired) electrons. The van der Waals surface area contributed by atoms with Gasteiger partial charge >= 0.3 is 0 Å². The molecule has 0 saturated carbocycles. The summed E-state index contributed by atoms with van der Waals surface area (Å²) in [4.78, 5) is 0. The van der Waals surface area contributed by atoms with Crippen LogP contribution in [-0.2, 0) is 9.47 Å². The summed E-state index contributed by atoms with van der Waals surface area (Å²) < 4.78 is 13.4. The molecule has 0 saturated heterocycles. The van der Waals surface area contributed by atoms with Gasteiger partial charge in [-0.05, 0) is 19.4 Å². The Labute approximate surface area is 228 Å². The van der Waals surface area contributed by atoms with Crippen LogP contribution in [0.2, 0.25) is 0 Å². The number of ether oxygens (including phenoxy) is 2. The van der Waals surface area contributed by atoms with E-state index in [4.69, 9.17) is 15.2 Å². The highest BCUT2D eigenvalue weighted by Gasteiger charge is 2.22. The van der Waals surface area contributed by atoms with E-state index in [2.05, 4.69) is 27.9 Å². The van der Waals surface area contributed by atoms with Crippen LogP contribution in [0.5, 0.6) is 0 Å². The number of likely N-dealkylation sites (N-methyl/N-ethyl adjacent to an activating group) is 1. The van der Waals surface area contributed by atoms with Gasteiger partial charge in [0.05, 0.1) is 27.2 Å². The molecule has 4 nitrogen and oxygen atoms in total. The van der Waals surface area contributed by atoms with E-state index >= 15 is 0 Å². The van der Waals surface area contributed by atoms with E-state index in [0.29, 0.717) is 0 Å². The fourth-order valence-electron chi connectivity index (χ4n) is 5.06. The zero-order valence-electron chi connectivity index (χ0n) is 25.5. The lowest BCUT2D eigenvalue weighted by molar-refractivity contribution is -0.893. The normalized spacial score (nSPS) is 12.9. The highest BCUT2D eigenvalue weighted by atomic mass is 16.5. The van der Waals surface area contributed by atoms with Crippen molar-refractivity contribution in [3.63, 3.8) is 0 Å². The molecule has 0 aliphatic heterocycles. The smallest absolute Gasteiger partial charge is 0.130 e. The van der Waals surface area contributed by atoms with Crippen LogP contribution in [0.3, 0.4) is 0 Å². The molecule has 0 rings (SSSR count). The van der Waals surface area contributed by atoms with Crippen molar-refractivity contribution in [3.8, 4) is 0 Å². The first-order valence-corrected chi connectivity index (χ1v) is 16.3. The third-order valence-electron chi connectivity index (χ3n) is 7.46. The summed E-state index contributed by atoms with van der Waals surface area (Å²) in [6.07, 6.45) is 28.6. The predicted octanol–water partition coefficient (Wildman–Crippen LogP) is 8.66. The minimum atomic E-state index is 0.194. The molecular formula is C32H69N2O2+. The van der Waals surface area contributed by atoms with Gasteiger partial charge in [0.1, 0.15) is 12.6 Å². The molecule has 0 aliphatic carbocycles. The zero-order valence-corrected chi connectivity index (χ0v) is 25.5. The molecule has 0 aliphatic rings. The SMILES string of the molecule is CCCCCCCCCCCCOC[C@H](C[N+](C)(C)CCCN)OCCCCCCCCCCCC. The second-order valence-corrected chi connectivity index (χ2v) is 11.9. The largest absolute Gasteiger partial charge is 0.379 e. The molecule has 2 N–H and O–H groups in total. The molecule has 4 heteroatoms. The summed E-state index contributed by atoms with van der Waals surface area (Å²) in [6, 6.07) is 0. The Morgan fingerprint density at radius 1 is 0.556 bits per heavy atom. The van der Waals surface area contributed by atoms with Crippen molar-refractivity contribution in [3.05, 3.63) is 0 Å². The van der Waals surface area contributed by atoms with Crippen LogP contribution in [0.1, 0.15) is 149 Å². The number of rotatable bonds is 30. The maximum atomic E-state index is 6.36. The van der Waals surface area contributed by atoms with E-state index in [1.54, 1.807) is 0 Å². The number of nitrogens with two attached hydrogens (primary N) is 1. The topological polar surface area (TPSA) is 44.5 Å². The van der Waals surface area contributed by atoms with Gasteiger partial charge < -0.3 is 19.7 Å². The predicted molar refractivity (Wildman–Crippen MR) is 160 cm³/mol. The van der Waals surface area contributed by atoms with Crippen molar-refractivity contribution in [1.29, 1.82) is 0 Å². The quantitative estimate of drug-likeness (QED) is 0.0772. The second kappa shape index (κ2) is 27.9. The molecule has 218 valence electrons. The van der Waals surface area contributed by atoms with Crippen molar-refractivity contribution in [2.75, 3.05) is 53.6 Å².